The molecule has 1 saturated heterocycles. The Morgan fingerprint density at radius 1 is 1.17 bits per heavy atom. The lowest BCUT2D eigenvalue weighted by molar-refractivity contribution is -0.119. The molecule has 0 radical (unpaired) electrons. The Balaban J connectivity index is 1.37. The van der Waals surface area contributed by atoms with E-state index in [1.165, 1.54) is 17.5 Å². The summed E-state index contributed by atoms with van der Waals surface area (Å²) >= 11 is 0. The van der Waals surface area contributed by atoms with Crippen molar-refractivity contribution in [3.8, 4) is 0 Å². The van der Waals surface area contributed by atoms with Crippen molar-refractivity contribution in [1.29, 1.82) is 0 Å². The van der Waals surface area contributed by atoms with Gasteiger partial charge in [0.25, 0.3) is 0 Å². The van der Waals surface area contributed by atoms with Crippen LogP contribution in [0.2, 0.25) is 0 Å². The molecule has 1 fully saturated rings. The van der Waals surface area contributed by atoms with Gasteiger partial charge in [-0.1, -0.05) is 51.1 Å². The van der Waals surface area contributed by atoms with Crippen LogP contribution < -0.4 is 22.3 Å². The van der Waals surface area contributed by atoms with E-state index in [0.29, 0.717) is 48.0 Å². The van der Waals surface area contributed by atoms with Crippen molar-refractivity contribution >= 4 is 18.0 Å². The summed E-state index contributed by atoms with van der Waals surface area (Å²) < 4.78 is 12.0. The normalized spacial score (nSPS) is 22.4. The van der Waals surface area contributed by atoms with Gasteiger partial charge in [-0.25, -0.2) is 4.99 Å². The Hall–Kier alpha value is -4.19. The molecule has 2 aliphatic carbocycles. The smallest absolute Gasteiger partial charge is 0.225 e. The summed E-state index contributed by atoms with van der Waals surface area (Å²) in [5.74, 6) is 7.87. The van der Waals surface area contributed by atoms with Crippen molar-refractivity contribution < 1.29 is 19.4 Å². The first kappa shape index (κ1) is 41.6. The molecule has 0 aromatic heterocycles. The summed E-state index contributed by atoms with van der Waals surface area (Å²) in [6.45, 7) is 10.1. The number of nitrogens with two attached hydrogens (primary N) is 2. The number of aliphatic imine (C=N–C) groups is 2. The van der Waals surface area contributed by atoms with Gasteiger partial charge in [0.15, 0.2) is 0 Å². The van der Waals surface area contributed by atoms with Gasteiger partial charge in [-0.15, -0.1) is 0 Å². The lowest BCUT2D eigenvalue weighted by Gasteiger charge is -2.31. The van der Waals surface area contributed by atoms with Crippen molar-refractivity contribution in [1.82, 2.24) is 15.6 Å². The molecule has 0 spiro atoms. The lowest BCUT2D eigenvalue weighted by Crippen LogP contribution is -2.33. The van der Waals surface area contributed by atoms with Crippen molar-refractivity contribution in [2.24, 2.45) is 27.0 Å². The zero-order valence-corrected chi connectivity index (χ0v) is 32.5. The zero-order chi connectivity index (χ0) is 38.2. The van der Waals surface area contributed by atoms with E-state index in [2.05, 4.69) is 53.9 Å². The Kier molecular flexibility index (Phi) is 16.4. The summed E-state index contributed by atoms with van der Waals surface area (Å²) in [6, 6.07) is 9.29. The van der Waals surface area contributed by atoms with Crippen LogP contribution in [-0.4, -0.2) is 73.5 Å². The lowest BCUT2D eigenvalue weighted by atomic mass is 9.75. The molecule has 1 unspecified atom stereocenters. The summed E-state index contributed by atoms with van der Waals surface area (Å²) in [5.41, 5.74) is 12.6. The minimum absolute atomic E-state index is 0.0498. The highest BCUT2D eigenvalue weighted by Crippen LogP contribution is 2.41. The number of carbonyl (C=O) groups excluding carboxylic acids is 1. The SMILES string of the molecule is C[C@H](N=CC(=CC=CNN)OC[C@H]1CCC(CCCC(=O)NC(C=C(N)C(C)(C)C)=NC2=CCCC(OCCO)=C2)c2ccccc21)[C@@H]1CCCN1C. The monoisotopic (exact) mass is 729 g/mol. The number of likely N-dealkylation sites (tertiary alicyclic amines) is 1. The number of amides is 1. The van der Waals surface area contributed by atoms with Gasteiger partial charge < -0.3 is 36.0 Å². The highest BCUT2D eigenvalue weighted by molar-refractivity contribution is 6.05. The van der Waals surface area contributed by atoms with Gasteiger partial charge in [0.05, 0.1) is 36.9 Å². The topological polar surface area (TPSA) is 160 Å². The number of nitrogens with zero attached hydrogens (tertiary/aromatic N) is 3. The van der Waals surface area contributed by atoms with E-state index in [4.69, 9.17) is 36.1 Å². The number of allylic oxidation sites excluding steroid dienone is 7. The average molecular weight is 730 g/mol. The molecule has 4 rings (SSSR count). The number of fused-ring (bicyclic) bond motifs is 1. The van der Waals surface area contributed by atoms with Crippen LogP contribution in [0.3, 0.4) is 0 Å². The largest absolute Gasteiger partial charge is 0.495 e. The number of amidine groups is 1. The number of nitrogens with one attached hydrogen (secondary N) is 2. The molecule has 11 nitrogen and oxygen atoms in total. The molecule has 290 valence electrons. The van der Waals surface area contributed by atoms with Gasteiger partial charge >= 0.3 is 0 Å². The molecule has 0 bridgehead atoms. The number of hydrazine groups is 1. The van der Waals surface area contributed by atoms with Gasteiger partial charge in [-0.2, -0.15) is 0 Å². The summed E-state index contributed by atoms with van der Waals surface area (Å²) in [4.78, 5) is 25.3. The third kappa shape index (κ3) is 13.3. The average Bonchev–Trinajstić information content (AvgIpc) is 3.57. The summed E-state index contributed by atoms with van der Waals surface area (Å²) in [5, 5.41) is 12.2. The second-order valence-electron chi connectivity index (χ2n) is 15.4. The number of carbonyl (C=O) groups is 1. The molecule has 0 saturated carbocycles. The number of hydrogen-bond donors (Lipinski definition) is 5. The van der Waals surface area contributed by atoms with Gasteiger partial charge in [0, 0.05) is 54.3 Å². The van der Waals surface area contributed by atoms with E-state index in [-0.39, 0.29) is 36.5 Å². The second kappa shape index (κ2) is 20.9. The fourth-order valence-corrected chi connectivity index (χ4v) is 7.14. The molecule has 1 aromatic carbocycles. The molecule has 1 aromatic rings. The van der Waals surface area contributed by atoms with Crippen molar-refractivity contribution in [2.75, 3.05) is 33.4 Å². The maximum atomic E-state index is 13.3. The Bertz CT molecular complexity index is 1570. The molecule has 1 amide bonds. The van der Waals surface area contributed by atoms with Crippen LogP contribution in [0, 0.1) is 5.41 Å². The second-order valence-corrected chi connectivity index (χ2v) is 15.4. The molecule has 1 heterocycles. The molecule has 53 heavy (non-hydrogen) atoms. The molecule has 4 atom stereocenters. The minimum atomic E-state index is -0.287. The molecule has 1 aliphatic heterocycles. The maximum Gasteiger partial charge on any atom is 0.225 e. The molecular formula is C42H63N7O4. The first-order valence-corrected chi connectivity index (χ1v) is 19.3. The standard InChI is InChI=1S/C42H63N7O4/c1-30(38-18-11-23-49(38)5)45-28-35(15-10-22-46-44)53-29-32-21-20-31(36-16-6-7-17-37(32)36)12-8-19-41(51)48-40(27-39(43)42(2,3)4)47-33-13-9-14-34(26-33)52-25-24-50/h6-7,10,13,15-17,22,26-28,30-32,38,46,50H,8-9,11-12,14,18-21,23-25,29,43-44H2,1-5H3,(H,47,48,51)/t30-,31?,32+,38-/m0/s1. The van der Waals surface area contributed by atoms with Gasteiger partial charge in [-0.05, 0) is 94.7 Å². The third-order valence-corrected chi connectivity index (χ3v) is 10.3. The van der Waals surface area contributed by atoms with E-state index in [1.54, 1.807) is 12.3 Å². The molecule has 3 aliphatic rings. The third-order valence-electron chi connectivity index (χ3n) is 10.3. The molecule has 11 heteroatoms. The van der Waals surface area contributed by atoms with Gasteiger partial charge in [0.1, 0.15) is 18.2 Å². The van der Waals surface area contributed by atoms with Crippen LogP contribution in [0.15, 0.2) is 93.7 Å². The molecular weight excluding hydrogens is 667 g/mol. The zero-order valence-electron chi connectivity index (χ0n) is 32.5. The van der Waals surface area contributed by atoms with Crippen LogP contribution in [0.25, 0.3) is 0 Å². The quantitative estimate of drug-likeness (QED) is 0.0316. The van der Waals surface area contributed by atoms with Crippen LogP contribution >= 0.6 is 0 Å². The number of ether oxygens (including phenoxy) is 2. The van der Waals surface area contributed by atoms with Crippen molar-refractivity contribution in [2.45, 2.75) is 109 Å². The number of rotatable bonds is 17. The first-order valence-electron chi connectivity index (χ1n) is 19.3. The number of aliphatic hydroxyl groups is 1. The van der Waals surface area contributed by atoms with Crippen LogP contribution in [0.1, 0.15) is 108 Å². The number of hydrogen-bond acceptors (Lipinski definition) is 10. The van der Waals surface area contributed by atoms with Gasteiger partial charge in [0.2, 0.25) is 5.91 Å². The fourth-order valence-electron chi connectivity index (χ4n) is 7.14. The predicted molar refractivity (Wildman–Crippen MR) is 215 cm³/mol. The van der Waals surface area contributed by atoms with Gasteiger partial charge in [-0.3, -0.25) is 15.6 Å². The fraction of sp³-hybridized carbons (Fsp3) is 0.548. The van der Waals surface area contributed by atoms with E-state index in [0.717, 1.165) is 57.2 Å². The number of aliphatic hydroxyl groups excluding tert-OH is 1. The Morgan fingerprint density at radius 3 is 2.62 bits per heavy atom. The summed E-state index contributed by atoms with van der Waals surface area (Å²) in [7, 11) is 2.17. The van der Waals surface area contributed by atoms with Crippen molar-refractivity contribution in [3.63, 3.8) is 0 Å². The minimum Gasteiger partial charge on any atom is -0.495 e. The van der Waals surface area contributed by atoms with E-state index < -0.39 is 0 Å². The van der Waals surface area contributed by atoms with E-state index >= 15 is 0 Å². The van der Waals surface area contributed by atoms with E-state index in [1.807, 2.05) is 51.3 Å². The highest BCUT2D eigenvalue weighted by atomic mass is 16.5. The van der Waals surface area contributed by atoms with Crippen LogP contribution in [0.5, 0.6) is 0 Å². The highest BCUT2D eigenvalue weighted by Gasteiger charge is 2.28. The van der Waals surface area contributed by atoms with Crippen LogP contribution in [0.4, 0.5) is 0 Å². The summed E-state index contributed by atoms with van der Waals surface area (Å²) in [6.07, 6.45) is 20.8. The molecule has 7 N–H and O–H groups in total. The number of benzene rings is 1. The number of likely N-dealkylation sites (N-methyl/N-ethyl adjacent to an activating group) is 1. The van der Waals surface area contributed by atoms with Crippen LogP contribution in [-0.2, 0) is 14.3 Å². The first-order chi connectivity index (χ1) is 25.5. The predicted octanol–water partition coefficient (Wildman–Crippen LogP) is 6.22. The van der Waals surface area contributed by atoms with Crippen molar-refractivity contribution in [3.05, 3.63) is 94.9 Å². The Morgan fingerprint density at radius 2 is 1.92 bits per heavy atom. The maximum absolute atomic E-state index is 13.3. The Labute approximate surface area is 317 Å². The van der Waals surface area contributed by atoms with E-state index in [9.17, 15) is 4.79 Å².